The van der Waals surface area contributed by atoms with Crippen LogP contribution in [-0.4, -0.2) is 35.7 Å². The number of carbonyl (C=O) groups is 1. The molecule has 87 heavy (non-hydrogen) atoms. The van der Waals surface area contributed by atoms with Gasteiger partial charge in [-0.1, -0.05) is 222 Å². The van der Waals surface area contributed by atoms with E-state index >= 15 is 4.79 Å². The minimum atomic E-state index is -0.186. The van der Waals surface area contributed by atoms with Gasteiger partial charge in [-0.3, -0.25) is 14.8 Å². The van der Waals surface area contributed by atoms with Crippen molar-refractivity contribution in [2.75, 3.05) is 0 Å². The summed E-state index contributed by atoms with van der Waals surface area (Å²) in [6.07, 6.45) is 10.3. The fourth-order valence-corrected chi connectivity index (χ4v) is 11.8. The number of benzene rings is 4. The van der Waals surface area contributed by atoms with E-state index < -0.39 is 0 Å². The minimum absolute atomic E-state index is 0.0139. The molecule has 0 amide bonds. The van der Waals surface area contributed by atoms with Crippen LogP contribution in [0.3, 0.4) is 0 Å². The Morgan fingerprint density at radius 3 is 1.22 bits per heavy atom. The molecule has 5 aromatic heterocycles. The zero-order valence-electron chi connectivity index (χ0n) is 54.6. The second-order valence-corrected chi connectivity index (χ2v) is 30.3. The Bertz CT molecular complexity index is 4300. The number of ketones is 1. The standard InChI is InChI=1S/C80H86N6O/c1-75(2,3)52-36-49(37-53(42-52)76(4,5)6)70-63-30-32-65(83-63)71(50-38-54(77(7,8)9)43-55(39-50)78(10,11)12)67-45-58(61-28-22-24-34-81-61)73(85-67)60(47-69(87)48-26-20-19-21-27-48)74-59(62-29-23-25-35-82-62)46-68(86-74)72(66-33-31-64(70)84-66)51-40-56(79(13,14)15)44-57(41-51)80(16,17)18/h19-46,83,86H,47H2,1-18H3. The molecule has 9 aromatic rings. The van der Waals surface area contributed by atoms with Crippen LogP contribution < -0.4 is 0 Å². The molecule has 0 radical (unpaired) electrons. The molecule has 7 nitrogen and oxygen atoms in total. The van der Waals surface area contributed by atoms with Gasteiger partial charge in [0.15, 0.2) is 5.78 Å². The molecule has 0 unspecified atom stereocenters. The number of H-pyrrole nitrogens is 2. The number of pyridine rings is 2. The Balaban J connectivity index is 1.44. The largest absolute Gasteiger partial charge is 0.354 e. The van der Waals surface area contributed by atoms with Crippen molar-refractivity contribution in [1.82, 2.24) is 29.9 Å². The summed E-state index contributed by atoms with van der Waals surface area (Å²) >= 11 is 0. The summed E-state index contributed by atoms with van der Waals surface area (Å²) in [5, 5.41) is 0. The molecule has 8 bridgehead atoms. The van der Waals surface area contributed by atoms with Gasteiger partial charge in [-0.2, -0.15) is 0 Å². The maximum absolute atomic E-state index is 15.3. The fraction of sp³-hybridized carbons (Fsp3) is 0.312. The van der Waals surface area contributed by atoms with Crippen molar-refractivity contribution in [3.63, 3.8) is 0 Å². The number of nitrogens with zero attached hydrogens (tertiary/aromatic N) is 4. The first-order valence-electron chi connectivity index (χ1n) is 30.9. The van der Waals surface area contributed by atoms with Crippen molar-refractivity contribution in [2.45, 2.75) is 164 Å². The Kier molecular flexibility index (Phi) is 15.2. The zero-order chi connectivity index (χ0) is 62.3. The third-order valence-corrected chi connectivity index (χ3v) is 17.3. The fourth-order valence-electron chi connectivity index (χ4n) is 11.8. The summed E-state index contributed by atoms with van der Waals surface area (Å²) in [5.41, 5.74) is 23.2. The third kappa shape index (κ3) is 12.3. The maximum Gasteiger partial charge on any atom is 0.167 e. The highest BCUT2D eigenvalue weighted by Crippen LogP contribution is 2.46. The summed E-state index contributed by atoms with van der Waals surface area (Å²) < 4.78 is 0. The number of carbonyl (C=O) groups excluding carboxylic acids is 1. The molecule has 2 aliphatic heterocycles. The van der Waals surface area contributed by atoms with Gasteiger partial charge in [0.05, 0.1) is 39.7 Å². The average Bonchev–Trinajstić information content (AvgIpc) is 1.68. The van der Waals surface area contributed by atoms with Crippen LogP contribution in [-0.2, 0) is 38.9 Å². The van der Waals surface area contributed by atoms with Gasteiger partial charge in [-0.15, -0.1) is 0 Å². The van der Waals surface area contributed by atoms with E-state index in [-0.39, 0.29) is 44.7 Å². The summed E-state index contributed by atoms with van der Waals surface area (Å²) in [7, 11) is 0. The lowest BCUT2D eigenvalue weighted by Crippen LogP contribution is -2.16. The highest BCUT2D eigenvalue weighted by atomic mass is 16.1. The van der Waals surface area contributed by atoms with Gasteiger partial charge in [-0.05, 0) is 143 Å². The molecule has 2 N–H and O–H groups in total. The molecule has 0 fully saturated rings. The maximum atomic E-state index is 15.3. The summed E-state index contributed by atoms with van der Waals surface area (Å²) in [6.45, 7) is 41.3. The summed E-state index contributed by atoms with van der Waals surface area (Å²) in [4.78, 5) is 45.6. The quantitative estimate of drug-likeness (QED) is 0.148. The molecule has 2 aliphatic rings. The van der Waals surface area contributed by atoms with Crippen molar-refractivity contribution in [2.24, 2.45) is 0 Å². The van der Waals surface area contributed by atoms with E-state index in [4.69, 9.17) is 19.9 Å². The highest BCUT2D eigenvalue weighted by molar-refractivity contribution is 6.06. The first-order chi connectivity index (χ1) is 40.8. The predicted octanol–water partition coefficient (Wildman–Crippen LogP) is 20.7. The van der Waals surface area contributed by atoms with E-state index in [9.17, 15) is 0 Å². The van der Waals surface area contributed by atoms with Gasteiger partial charge in [0, 0.05) is 74.3 Å². The van der Waals surface area contributed by atoms with E-state index in [0.717, 1.165) is 101 Å². The first kappa shape index (κ1) is 60.2. The SMILES string of the molecule is CC(C)(C)c1cc(-c2c3nc(c(-c4cc(C(C)(C)C)cc(C(C)(C)C)c4)c4cc(-c5ccccn5)c([nH]4)c(CC(=O)c4ccccc4)c4nc(c(-c5cc(C(C)(C)C)cc(C(C)(C)C)c5)c5ccc2[nH]5)C=C4c2ccccn2)C=C3)cc(C(C)(C)C)c1. The zero-order valence-corrected chi connectivity index (χ0v) is 54.6. The molecule has 4 aromatic carbocycles. The number of hydrogen-bond acceptors (Lipinski definition) is 5. The van der Waals surface area contributed by atoms with Gasteiger partial charge in [0.25, 0.3) is 0 Å². The molecule has 11 rings (SSSR count). The van der Waals surface area contributed by atoms with Crippen molar-refractivity contribution >= 4 is 51.7 Å². The van der Waals surface area contributed by atoms with Crippen LogP contribution in [0.15, 0.2) is 152 Å². The Labute approximate surface area is 516 Å². The molecule has 0 spiro atoms. The summed E-state index contributed by atoms with van der Waals surface area (Å²) in [5.74, 6) is -0.0435. The molecular formula is C80H86N6O. The highest BCUT2D eigenvalue weighted by Gasteiger charge is 2.31. The second kappa shape index (κ2) is 22.0. The molecule has 0 aliphatic carbocycles. The molecule has 7 heteroatoms. The van der Waals surface area contributed by atoms with Crippen LogP contribution >= 0.6 is 0 Å². The van der Waals surface area contributed by atoms with Gasteiger partial charge in [0.1, 0.15) is 0 Å². The normalized spacial score (nSPS) is 13.3. The van der Waals surface area contributed by atoms with Crippen molar-refractivity contribution < 1.29 is 4.79 Å². The van der Waals surface area contributed by atoms with E-state index in [1.807, 2.05) is 73.1 Å². The summed E-state index contributed by atoms with van der Waals surface area (Å²) in [6, 6.07) is 49.7. The number of rotatable bonds is 8. The topological polar surface area (TPSA) is 100 Å². The Morgan fingerprint density at radius 2 is 0.805 bits per heavy atom. The lowest BCUT2D eigenvalue weighted by molar-refractivity contribution is 0.0993. The lowest BCUT2D eigenvalue weighted by Gasteiger charge is -2.26. The smallest absolute Gasteiger partial charge is 0.167 e. The van der Waals surface area contributed by atoms with E-state index in [2.05, 4.69) is 232 Å². The second-order valence-electron chi connectivity index (χ2n) is 30.3. The van der Waals surface area contributed by atoms with Gasteiger partial charge in [-0.25, -0.2) is 9.97 Å². The van der Waals surface area contributed by atoms with Crippen LogP contribution in [0.1, 0.15) is 202 Å². The van der Waals surface area contributed by atoms with Crippen molar-refractivity contribution in [3.05, 3.63) is 225 Å². The van der Waals surface area contributed by atoms with Gasteiger partial charge < -0.3 is 9.97 Å². The number of Topliss-reactive ketones (excluding diaryl/α,β-unsaturated/α-hetero) is 1. The van der Waals surface area contributed by atoms with Gasteiger partial charge in [0.2, 0.25) is 0 Å². The van der Waals surface area contributed by atoms with Crippen LogP contribution in [0, 0.1) is 0 Å². The number of fused-ring (bicyclic) bond motifs is 8. The van der Waals surface area contributed by atoms with E-state index in [1.54, 1.807) is 0 Å². The monoisotopic (exact) mass is 1150 g/mol. The Hall–Kier alpha value is -8.55. The van der Waals surface area contributed by atoms with Crippen LogP contribution in [0.5, 0.6) is 0 Å². The van der Waals surface area contributed by atoms with E-state index in [0.29, 0.717) is 11.3 Å². The minimum Gasteiger partial charge on any atom is -0.354 e. The van der Waals surface area contributed by atoms with Crippen molar-refractivity contribution in [1.29, 1.82) is 0 Å². The first-order valence-corrected chi connectivity index (χ1v) is 30.9. The lowest BCUT2D eigenvalue weighted by atomic mass is 9.78. The molecule has 7 heterocycles. The van der Waals surface area contributed by atoms with Crippen LogP contribution in [0.25, 0.3) is 90.5 Å². The number of aromatic amines is 2. The molecule has 0 saturated carbocycles. The predicted molar refractivity (Wildman–Crippen MR) is 367 cm³/mol. The molecule has 442 valence electrons. The average molecular weight is 1150 g/mol. The number of nitrogens with one attached hydrogen (secondary N) is 2. The molecule has 0 atom stereocenters. The number of hydrogen-bond donors (Lipinski definition) is 2. The third-order valence-electron chi connectivity index (χ3n) is 17.3. The molecular weight excluding hydrogens is 1060 g/mol. The van der Waals surface area contributed by atoms with Gasteiger partial charge >= 0.3 is 0 Å². The number of aromatic nitrogens is 6. The van der Waals surface area contributed by atoms with E-state index in [1.165, 1.54) is 33.4 Å². The Morgan fingerprint density at radius 1 is 0.402 bits per heavy atom. The van der Waals surface area contributed by atoms with Crippen LogP contribution in [0.2, 0.25) is 0 Å². The molecule has 0 saturated heterocycles. The van der Waals surface area contributed by atoms with Crippen LogP contribution in [0.4, 0.5) is 0 Å². The van der Waals surface area contributed by atoms with Crippen molar-refractivity contribution in [3.8, 4) is 44.6 Å².